The Morgan fingerprint density at radius 1 is 1.18 bits per heavy atom. The van der Waals surface area contributed by atoms with Gasteiger partial charge in [0.15, 0.2) is 0 Å². The molecule has 0 saturated carbocycles. The monoisotopic (exact) mass is 325 g/mol. The van der Waals surface area contributed by atoms with Gasteiger partial charge in [0.25, 0.3) is 0 Å². The molecule has 2 rings (SSSR count). The average molecular weight is 325 g/mol. The Bertz CT molecular complexity index is 591. The highest BCUT2D eigenvalue weighted by Crippen LogP contribution is 2.24. The molecule has 0 radical (unpaired) electrons. The van der Waals surface area contributed by atoms with Crippen LogP contribution >= 0.6 is 0 Å². The minimum Gasteiger partial charge on any atom is -0.388 e. The van der Waals surface area contributed by atoms with Crippen molar-refractivity contribution >= 4 is 21.8 Å². The summed E-state index contributed by atoms with van der Waals surface area (Å²) in [7, 11) is 0.392. The number of nitrogens with zero attached hydrogens (tertiary/aromatic N) is 2. The average Bonchev–Trinajstić information content (AvgIpc) is 2.56. The van der Waals surface area contributed by atoms with Crippen LogP contribution in [0.1, 0.15) is 19.4 Å². The Labute approximate surface area is 134 Å². The van der Waals surface area contributed by atoms with Crippen LogP contribution in [0.2, 0.25) is 0 Å². The molecule has 0 amide bonds. The third-order valence-electron chi connectivity index (χ3n) is 3.61. The van der Waals surface area contributed by atoms with Crippen LogP contribution in [0.25, 0.3) is 6.08 Å². The lowest BCUT2D eigenvalue weighted by Crippen LogP contribution is -2.47. The molecule has 1 fully saturated rings. The van der Waals surface area contributed by atoms with Crippen LogP contribution < -0.4 is 5.32 Å². The van der Waals surface area contributed by atoms with Gasteiger partial charge < -0.3 is 10.2 Å². The van der Waals surface area contributed by atoms with E-state index in [2.05, 4.69) is 16.8 Å². The van der Waals surface area contributed by atoms with E-state index in [1.54, 1.807) is 35.6 Å². The third-order valence-corrected chi connectivity index (χ3v) is 5.51. The molecular formula is C16H27N3O2S. The van der Waals surface area contributed by atoms with Crippen LogP contribution in [0.5, 0.6) is 0 Å². The van der Waals surface area contributed by atoms with Crippen molar-refractivity contribution in [2.75, 3.05) is 45.6 Å². The molecule has 0 aromatic heterocycles. The lowest BCUT2D eigenvalue weighted by Gasteiger charge is -2.31. The Morgan fingerprint density at radius 3 is 2.27 bits per heavy atom. The molecule has 6 heteroatoms. The van der Waals surface area contributed by atoms with E-state index in [0.29, 0.717) is 18.0 Å². The van der Waals surface area contributed by atoms with E-state index < -0.39 is 10.0 Å². The predicted octanol–water partition coefficient (Wildman–Crippen LogP) is 2.33. The first kappa shape index (κ1) is 18.7. The molecule has 1 aromatic carbocycles. The molecule has 1 saturated heterocycles. The third kappa shape index (κ3) is 4.09. The summed E-state index contributed by atoms with van der Waals surface area (Å²) in [6.07, 6.45) is 1.66. The first-order chi connectivity index (χ1) is 10.5. The minimum atomic E-state index is -3.41. The van der Waals surface area contributed by atoms with Gasteiger partial charge in [-0.2, -0.15) is 4.31 Å². The van der Waals surface area contributed by atoms with E-state index in [-0.39, 0.29) is 0 Å². The van der Waals surface area contributed by atoms with E-state index in [1.165, 1.54) is 0 Å². The maximum absolute atomic E-state index is 12.6. The van der Waals surface area contributed by atoms with Crippen molar-refractivity contribution in [3.63, 3.8) is 0 Å². The largest absolute Gasteiger partial charge is 0.388 e. The number of benzene rings is 1. The van der Waals surface area contributed by atoms with E-state index in [1.807, 2.05) is 20.9 Å². The van der Waals surface area contributed by atoms with Gasteiger partial charge in [-0.05, 0) is 30.8 Å². The second-order valence-corrected chi connectivity index (χ2v) is 6.85. The van der Waals surface area contributed by atoms with Gasteiger partial charge >= 0.3 is 0 Å². The first-order valence-corrected chi connectivity index (χ1v) is 9.06. The number of hydrogen-bond donors (Lipinski definition) is 1. The van der Waals surface area contributed by atoms with Crippen molar-refractivity contribution in [2.24, 2.45) is 0 Å². The highest BCUT2D eigenvalue weighted by atomic mass is 32.2. The van der Waals surface area contributed by atoms with Gasteiger partial charge in [0.2, 0.25) is 10.0 Å². The fourth-order valence-corrected chi connectivity index (χ4v) is 3.73. The minimum absolute atomic E-state index is 0.330. The lowest BCUT2D eigenvalue weighted by atomic mass is 10.2. The number of nitrogens with one attached hydrogen (secondary N) is 1. The van der Waals surface area contributed by atoms with Crippen LogP contribution in [0.15, 0.2) is 29.7 Å². The highest BCUT2D eigenvalue weighted by Gasteiger charge is 2.27. The molecule has 1 heterocycles. The molecule has 0 bridgehead atoms. The quantitative estimate of drug-likeness (QED) is 0.923. The Kier molecular flexibility index (Phi) is 7.06. The maximum atomic E-state index is 12.6. The van der Waals surface area contributed by atoms with Crippen LogP contribution in [0.3, 0.4) is 0 Å². The number of sulfonamides is 1. The summed E-state index contributed by atoms with van der Waals surface area (Å²) in [6.45, 7) is 10.3. The van der Waals surface area contributed by atoms with Gasteiger partial charge in [-0.3, -0.25) is 0 Å². The smallest absolute Gasteiger partial charge is 0.243 e. The molecule has 124 valence electrons. The SMILES string of the molecule is C=Cc1cc(S(=O)(=O)N2CCN(C)CC2)ccc1NC.CC. The van der Waals surface area contributed by atoms with Crippen molar-refractivity contribution in [1.82, 2.24) is 9.21 Å². The van der Waals surface area contributed by atoms with E-state index in [9.17, 15) is 8.42 Å². The van der Waals surface area contributed by atoms with Crippen molar-refractivity contribution in [2.45, 2.75) is 18.7 Å². The van der Waals surface area contributed by atoms with Crippen LogP contribution in [-0.2, 0) is 10.0 Å². The topological polar surface area (TPSA) is 52.7 Å². The first-order valence-electron chi connectivity index (χ1n) is 7.62. The fourth-order valence-electron chi connectivity index (χ4n) is 2.28. The van der Waals surface area contributed by atoms with Crippen LogP contribution in [0.4, 0.5) is 5.69 Å². The fraction of sp³-hybridized carbons (Fsp3) is 0.500. The molecular weight excluding hydrogens is 298 g/mol. The van der Waals surface area contributed by atoms with E-state index >= 15 is 0 Å². The standard InChI is InChI=1S/C14H21N3O2S.C2H6/c1-4-12-11-13(5-6-14(12)15-2)20(18,19)17-9-7-16(3)8-10-17;1-2/h4-6,11,15H,1,7-10H2,2-3H3;1-2H3. The molecule has 0 spiro atoms. The summed E-state index contributed by atoms with van der Waals surface area (Å²) in [4.78, 5) is 2.46. The summed E-state index contributed by atoms with van der Waals surface area (Å²) in [5.74, 6) is 0. The Balaban J connectivity index is 0.00000116. The summed E-state index contributed by atoms with van der Waals surface area (Å²) < 4.78 is 26.8. The molecule has 1 aliphatic heterocycles. The van der Waals surface area contributed by atoms with Gasteiger partial charge in [0, 0.05) is 38.9 Å². The predicted molar refractivity (Wildman–Crippen MR) is 93.7 cm³/mol. The van der Waals surface area contributed by atoms with Gasteiger partial charge in [0.1, 0.15) is 0 Å². The lowest BCUT2D eigenvalue weighted by molar-refractivity contribution is 0.222. The van der Waals surface area contributed by atoms with Crippen molar-refractivity contribution in [3.8, 4) is 0 Å². The van der Waals surface area contributed by atoms with Gasteiger partial charge in [-0.25, -0.2) is 8.42 Å². The van der Waals surface area contributed by atoms with Crippen molar-refractivity contribution in [1.29, 1.82) is 0 Å². The number of rotatable bonds is 4. The second kappa shape index (κ2) is 8.31. The zero-order chi connectivity index (χ0) is 16.8. The van der Waals surface area contributed by atoms with Crippen molar-refractivity contribution in [3.05, 3.63) is 30.3 Å². The maximum Gasteiger partial charge on any atom is 0.243 e. The number of hydrogen-bond acceptors (Lipinski definition) is 4. The zero-order valence-corrected chi connectivity index (χ0v) is 14.8. The van der Waals surface area contributed by atoms with Crippen LogP contribution in [-0.4, -0.2) is 57.9 Å². The summed E-state index contributed by atoms with van der Waals surface area (Å²) in [5.41, 5.74) is 1.67. The Hall–Kier alpha value is -1.37. The number of anilines is 1. The normalized spacial score (nSPS) is 16.5. The Morgan fingerprint density at radius 2 is 1.77 bits per heavy atom. The van der Waals surface area contributed by atoms with E-state index in [0.717, 1.165) is 24.3 Å². The second-order valence-electron chi connectivity index (χ2n) is 4.91. The van der Waals surface area contributed by atoms with E-state index in [4.69, 9.17) is 0 Å². The highest BCUT2D eigenvalue weighted by molar-refractivity contribution is 7.89. The molecule has 5 nitrogen and oxygen atoms in total. The number of piperazine rings is 1. The molecule has 1 N–H and O–H groups in total. The van der Waals surface area contributed by atoms with Crippen molar-refractivity contribution < 1.29 is 8.42 Å². The zero-order valence-electron chi connectivity index (χ0n) is 14.0. The molecule has 0 atom stereocenters. The molecule has 0 unspecified atom stereocenters. The van der Waals surface area contributed by atoms with Gasteiger partial charge in [0.05, 0.1) is 4.90 Å². The molecule has 0 aliphatic carbocycles. The van der Waals surface area contributed by atoms with Gasteiger partial charge in [-0.15, -0.1) is 0 Å². The number of likely N-dealkylation sites (N-methyl/N-ethyl adjacent to an activating group) is 1. The summed E-state index contributed by atoms with van der Waals surface area (Å²) in [5, 5.41) is 3.02. The van der Waals surface area contributed by atoms with Crippen LogP contribution in [0, 0.1) is 0 Å². The van der Waals surface area contributed by atoms with Gasteiger partial charge in [-0.1, -0.05) is 26.5 Å². The summed E-state index contributed by atoms with van der Waals surface area (Å²) >= 11 is 0. The molecule has 22 heavy (non-hydrogen) atoms. The molecule has 1 aliphatic rings. The summed E-state index contributed by atoms with van der Waals surface area (Å²) in [6, 6.07) is 5.10. The molecule has 1 aromatic rings.